The molecule has 1 aliphatic carbocycles. The van der Waals surface area contributed by atoms with Crippen LogP contribution in [-0.2, 0) is 9.53 Å². The van der Waals surface area contributed by atoms with Crippen LogP contribution >= 0.6 is 0 Å². The summed E-state index contributed by atoms with van der Waals surface area (Å²) in [6.45, 7) is 5.67. The number of esters is 1. The summed E-state index contributed by atoms with van der Waals surface area (Å²) in [6, 6.07) is 7.34. The van der Waals surface area contributed by atoms with Gasteiger partial charge in [0, 0.05) is 11.1 Å². The molecule has 0 radical (unpaired) electrons. The Balaban J connectivity index is 2.19. The summed E-state index contributed by atoms with van der Waals surface area (Å²) >= 11 is 0. The van der Waals surface area contributed by atoms with Crippen molar-refractivity contribution in [1.29, 1.82) is 0 Å². The molecular formula is C15H18O3. The van der Waals surface area contributed by atoms with Gasteiger partial charge in [-0.2, -0.15) is 0 Å². The Morgan fingerprint density at radius 3 is 2.72 bits per heavy atom. The molecule has 0 saturated carbocycles. The van der Waals surface area contributed by atoms with E-state index in [4.69, 9.17) is 4.74 Å². The van der Waals surface area contributed by atoms with Crippen molar-refractivity contribution in [2.24, 2.45) is 5.41 Å². The normalized spacial score (nSPS) is 18.6. The van der Waals surface area contributed by atoms with Gasteiger partial charge in [-0.1, -0.05) is 31.2 Å². The summed E-state index contributed by atoms with van der Waals surface area (Å²) in [6.07, 6.45) is 0.575. The van der Waals surface area contributed by atoms with Gasteiger partial charge in [-0.3, -0.25) is 9.59 Å². The minimum Gasteiger partial charge on any atom is -0.457 e. The van der Waals surface area contributed by atoms with Crippen molar-refractivity contribution >= 4 is 11.8 Å². The topological polar surface area (TPSA) is 43.4 Å². The molecule has 0 heterocycles. The Morgan fingerprint density at radius 1 is 1.39 bits per heavy atom. The molecule has 2 rings (SSSR count). The van der Waals surface area contributed by atoms with Gasteiger partial charge in [0.2, 0.25) is 0 Å². The van der Waals surface area contributed by atoms with E-state index in [1.165, 1.54) is 0 Å². The fraction of sp³-hybridized carbons (Fsp3) is 0.467. The Morgan fingerprint density at radius 2 is 2.06 bits per heavy atom. The second kappa shape index (κ2) is 4.56. The van der Waals surface area contributed by atoms with Crippen molar-refractivity contribution in [3.63, 3.8) is 0 Å². The standard InChI is InChI=1S/C15H18O3/c1-4-15(2,3)14(17)18-13-9-12(16)10-7-5-6-8-11(10)13/h5-8,13H,4,9H2,1-3H3. The largest absolute Gasteiger partial charge is 0.457 e. The van der Waals surface area contributed by atoms with Crippen LogP contribution in [-0.4, -0.2) is 11.8 Å². The minimum atomic E-state index is -0.499. The average molecular weight is 246 g/mol. The number of rotatable bonds is 3. The molecule has 3 nitrogen and oxygen atoms in total. The number of Topliss-reactive ketones (excluding diaryl/α,β-unsaturated/α-hetero) is 1. The van der Waals surface area contributed by atoms with Crippen molar-refractivity contribution < 1.29 is 14.3 Å². The van der Waals surface area contributed by atoms with Crippen LogP contribution in [0.3, 0.4) is 0 Å². The molecule has 0 fully saturated rings. The van der Waals surface area contributed by atoms with Gasteiger partial charge in [-0.15, -0.1) is 0 Å². The van der Waals surface area contributed by atoms with E-state index in [-0.39, 0.29) is 18.2 Å². The lowest BCUT2D eigenvalue weighted by Gasteiger charge is -2.23. The van der Waals surface area contributed by atoms with Crippen LogP contribution in [0.5, 0.6) is 0 Å². The molecule has 0 aromatic heterocycles. The van der Waals surface area contributed by atoms with E-state index in [1.807, 2.05) is 39.0 Å². The number of benzene rings is 1. The molecule has 1 atom stereocenters. The van der Waals surface area contributed by atoms with Crippen molar-refractivity contribution in [1.82, 2.24) is 0 Å². The third kappa shape index (κ3) is 2.17. The second-order valence-electron chi connectivity index (χ2n) is 5.35. The summed E-state index contributed by atoms with van der Waals surface area (Å²) in [5, 5.41) is 0. The van der Waals surface area contributed by atoms with Gasteiger partial charge < -0.3 is 4.74 Å². The van der Waals surface area contributed by atoms with Crippen molar-refractivity contribution in [2.45, 2.75) is 39.7 Å². The van der Waals surface area contributed by atoms with E-state index in [0.717, 1.165) is 5.56 Å². The molecule has 0 amide bonds. The highest BCUT2D eigenvalue weighted by molar-refractivity contribution is 6.01. The molecule has 0 bridgehead atoms. The number of hydrogen-bond donors (Lipinski definition) is 0. The molecule has 0 saturated heterocycles. The van der Waals surface area contributed by atoms with Crippen molar-refractivity contribution in [3.8, 4) is 0 Å². The zero-order chi connectivity index (χ0) is 13.3. The first kappa shape index (κ1) is 12.8. The predicted octanol–water partition coefficient (Wildman–Crippen LogP) is 3.29. The monoisotopic (exact) mass is 246 g/mol. The van der Waals surface area contributed by atoms with Crippen LogP contribution in [0.2, 0.25) is 0 Å². The summed E-state index contributed by atoms with van der Waals surface area (Å²) in [5.41, 5.74) is 1.02. The third-order valence-corrected chi connectivity index (χ3v) is 3.66. The first-order valence-corrected chi connectivity index (χ1v) is 6.29. The molecule has 1 aliphatic rings. The third-order valence-electron chi connectivity index (χ3n) is 3.66. The zero-order valence-electron chi connectivity index (χ0n) is 11.0. The summed E-state index contributed by atoms with van der Waals surface area (Å²) in [4.78, 5) is 23.8. The Hall–Kier alpha value is -1.64. The van der Waals surface area contributed by atoms with Gasteiger partial charge >= 0.3 is 5.97 Å². The predicted molar refractivity (Wildman–Crippen MR) is 68.3 cm³/mol. The van der Waals surface area contributed by atoms with E-state index in [0.29, 0.717) is 12.0 Å². The highest BCUT2D eigenvalue weighted by atomic mass is 16.5. The lowest BCUT2D eigenvalue weighted by atomic mass is 9.90. The number of ketones is 1. The van der Waals surface area contributed by atoms with E-state index in [9.17, 15) is 9.59 Å². The van der Waals surface area contributed by atoms with Crippen molar-refractivity contribution in [2.75, 3.05) is 0 Å². The molecule has 18 heavy (non-hydrogen) atoms. The maximum absolute atomic E-state index is 12.0. The average Bonchev–Trinajstić information content (AvgIpc) is 2.67. The molecule has 3 heteroatoms. The first-order valence-electron chi connectivity index (χ1n) is 6.29. The highest BCUT2D eigenvalue weighted by Crippen LogP contribution is 2.36. The Labute approximate surface area is 107 Å². The van der Waals surface area contributed by atoms with Gasteiger partial charge in [0.05, 0.1) is 11.8 Å². The summed E-state index contributed by atoms with van der Waals surface area (Å²) in [5.74, 6) is -0.183. The molecule has 0 spiro atoms. The minimum absolute atomic E-state index is 0.0534. The second-order valence-corrected chi connectivity index (χ2v) is 5.35. The summed E-state index contributed by atoms with van der Waals surface area (Å²) < 4.78 is 5.50. The van der Waals surface area contributed by atoms with Crippen LogP contribution in [0, 0.1) is 5.41 Å². The first-order chi connectivity index (χ1) is 8.45. The van der Waals surface area contributed by atoms with Gasteiger partial charge in [0.15, 0.2) is 5.78 Å². The van der Waals surface area contributed by atoms with Crippen LogP contribution < -0.4 is 0 Å². The van der Waals surface area contributed by atoms with Crippen molar-refractivity contribution in [3.05, 3.63) is 35.4 Å². The van der Waals surface area contributed by atoms with Gasteiger partial charge in [-0.05, 0) is 20.3 Å². The lowest BCUT2D eigenvalue weighted by molar-refractivity contribution is -0.159. The van der Waals surface area contributed by atoms with E-state index in [1.54, 1.807) is 6.07 Å². The number of carbonyl (C=O) groups is 2. The van der Waals surface area contributed by atoms with Gasteiger partial charge in [0.1, 0.15) is 6.10 Å². The lowest BCUT2D eigenvalue weighted by Crippen LogP contribution is -2.27. The van der Waals surface area contributed by atoms with Gasteiger partial charge in [0.25, 0.3) is 0 Å². The van der Waals surface area contributed by atoms with Crippen LogP contribution in [0.1, 0.15) is 55.6 Å². The summed E-state index contributed by atoms with van der Waals surface area (Å²) in [7, 11) is 0. The maximum Gasteiger partial charge on any atom is 0.312 e. The van der Waals surface area contributed by atoms with E-state index < -0.39 is 11.5 Å². The Kier molecular flexibility index (Phi) is 3.24. The smallest absolute Gasteiger partial charge is 0.312 e. The van der Waals surface area contributed by atoms with Gasteiger partial charge in [-0.25, -0.2) is 0 Å². The SMILES string of the molecule is CCC(C)(C)C(=O)OC1CC(=O)c2ccccc21. The fourth-order valence-corrected chi connectivity index (χ4v) is 1.96. The molecule has 96 valence electrons. The molecule has 1 unspecified atom stereocenters. The quantitative estimate of drug-likeness (QED) is 0.768. The molecule has 1 aromatic rings. The fourth-order valence-electron chi connectivity index (χ4n) is 1.96. The number of fused-ring (bicyclic) bond motifs is 1. The Bertz CT molecular complexity index is 488. The number of ether oxygens (including phenoxy) is 1. The zero-order valence-corrected chi connectivity index (χ0v) is 11.0. The maximum atomic E-state index is 12.0. The molecule has 1 aromatic carbocycles. The number of carbonyl (C=O) groups excluding carboxylic acids is 2. The van der Waals surface area contributed by atoms with Crippen LogP contribution in [0.4, 0.5) is 0 Å². The molecular weight excluding hydrogens is 228 g/mol. The van der Waals surface area contributed by atoms with E-state index in [2.05, 4.69) is 0 Å². The highest BCUT2D eigenvalue weighted by Gasteiger charge is 2.35. The number of hydrogen-bond acceptors (Lipinski definition) is 3. The molecule has 0 aliphatic heterocycles. The van der Waals surface area contributed by atoms with Crippen LogP contribution in [0.15, 0.2) is 24.3 Å². The van der Waals surface area contributed by atoms with E-state index >= 15 is 0 Å². The van der Waals surface area contributed by atoms with Crippen LogP contribution in [0.25, 0.3) is 0 Å². The molecule has 0 N–H and O–H groups in total.